The topological polar surface area (TPSA) is 97.7 Å². The van der Waals surface area contributed by atoms with Crippen LogP contribution in [0, 0.1) is 29.1 Å². The van der Waals surface area contributed by atoms with Gasteiger partial charge in [0, 0.05) is 31.0 Å². The van der Waals surface area contributed by atoms with Gasteiger partial charge in [0.15, 0.2) is 0 Å². The van der Waals surface area contributed by atoms with Crippen LogP contribution in [0.4, 0.5) is 0 Å². The van der Waals surface area contributed by atoms with Crippen molar-refractivity contribution >= 4 is 22.7 Å². The van der Waals surface area contributed by atoms with Crippen molar-refractivity contribution in [2.45, 2.75) is 92.6 Å². The fourth-order valence-electron chi connectivity index (χ4n) is 4.52. The van der Waals surface area contributed by atoms with Gasteiger partial charge in [-0.3, -0.25) is 4.79 Å². The molecule has 0 spiro atoms. The number of allylic oxidation sites excluding steroid dienone is 3. The molecule has 0 aromatic rings. The van der Waals surface area contributed by atoms with Crippen LogP contribution in [0.1, 0.15) is 86.5 Å². The summed E-state index contributed by atoms with van der Waals surface area (Å²) in [5.41, 5.74) is 7.80. The number of amides is 1. The second-order valence-electron chi connectivity index (χ2n) is 9.26. The van der Waals surface area contributed by atoms with Gasteiger partial charge in [0.1, 0.15) is 10.8 Å². The number of carbonyl (C=O) groups is 1. The Morgan fingerprint density at radius 3 is 2.26 bits per heavy atom. The number of hydrogen-bond acceptors (Lipinski definition) is 6. The number of aliphatic imine (C=N–C) groups is 1. The lowest BCUT2D eigenvalue weighted by molar-refractivity contribution is -0.118. The highest BCUT2D eigenvalue weighted by Crippen LogP contribution is 2.52. The highest BCUT2D eigenvalue weighted by molar-refractivity contribution is 8.18. The monoisotopic (exact) mass is 503 g/mol. The van der Waals surface area contributed by atoms with Crippen molar-refractivity contribution < 1.29 is 14.3 Å². The summed E-state index contributed by atoms with van der Waals surface area (Å²) in [6, 6.07) is 1.75. The zero-order chi connectivity index (χ0) is 26.4. The maximum Gasteiger partial charge on any atom is 0.218 e. The van der Waals surface area contributed by atoms with Crippen molar-refractivity contribution in [1.82, 2.24) is 0 Å². The van der Waals surface area contributed by atoms with Crippen LogP contribution in [0.2, 0.25) is 0 Å². The largest absolute Gasteiger partial charge is 0.494 e. The quantitative estimate of drug-likeness (QED) is 0.412. The van der Waals surface area contributed by atoms with Gasteiger partial charge < -0.3 is 15.2 Å². The average molecular weight is 504 g/mol. The van der Waals surface area contributed by atoms with Crippen LogP contribution in [-0.2, 0) is 14.3 Å². The van der Waals surface area contributed by atoms with Crippen LogP contribution in [0.25, 0.3) is 0 Å². The molecule has 1 saturated heterocycles. The van der Waals surface area contributed by atoms with Crippen LogP contribution in [0.5, 0.6) is 0 Å². The second kappa shape index (κ2) is 16.6. The minimum Gasteiger partial charge on any atom is -0.494 e. The number of carbonyl (C=O) groups excluding carboxylic acids is 1. The maximum absolute atomic E-state index is 11.5. The summed E-state index contributed by atoms with van der Waals surface area (Å²) in [4.78, 5) is 17.3. The molecular formula is C28H45N3O3S. The summed E-state index contributed by atoms with van der Waals surface area (Å²) < 4.78 is 11.2. The molecule has 196 valence electrons. The molecule has 1 atom stereocenters. The van der Waals surface area contributed by atoms with E-state index in [9.17, 15) is 4.79 Å². The highest BCUT2D eigenvalue weighted by Gasteiger charge is 2.39. The molecule has 0 aromatic heterocycles. The molecule has 4 rings (SSSR count). The Morgan fingerprint density at radius 2 is 1.80 bits per heavy atom. The molecule has 35 heavy (non-hydrogen) atoms. The summed E-state index contributed by atoms with van der Waals surface area (Å²) in [5.74, 6) is 2.54. The summed E-state index contributed by atoms with van der Waals surface area (Å²) in [6.07, 6.45) is 8.95. The smallest absolute Gasteiger partial charge is 0.218 e. The first-order valence-electron chi connectivity index (χ1n) is 12.9. The molecule has 0 aromatic carbocycles. The fraction of sp³-hybridized carbons (Fsp3) is 0.679. The van der Waals surface area contributed by atoms with E-state index < -0.39 is 0 Å². The van der Waals surface area contributed by atoms with Gasteiger partial charge in [-0.1, -0.05) is 46.0 Å². The molecule has 0 bridgehead atoms. The normalized spacial score (nSPS) is 27.5. The third-order valence-electron chi connectivity index (χ3n) is 6.25. The van der Waals surface area contributed by atoms with Gasteiger partial charge in [-0.05, 0) is 67.8 Å². The molecule has 2 N–H and O–H groups in total. The Hall–Kier alpha value is -2.04. The third-order valence-corrected chi connectivity index (χ3v) is 7.42. The lowest BCUT2D eigenvalue weighted by Crippen LogP contribution is -2.23. The van der Waals surface area contributed by atoms with Gasteiger partial charge in [0.2, 0.25) is 5.91 Å². The van der Waals surface area contributed by atoms with Crippen LogP contribution >= 0.6 is 11.8 Å². The van der Waals surface area contributed by atoms with Crippen LogP contribution < -0.4 is 5.73 Å². The number of nitrogens with zero attached hydrogens (tertiary/aromatic N) is 2. The zero-order valence-electron chi connectivity index (χ0n) is 22.6. The summed E-state index contributed by atoms with van der Waals surface area (Å²) in [6.45, 7) is 17.7. The predicted molar refractivity (Wildman–Crippen MR) is 147 cm³/mol. The zero-order valence-corrected chi connectivity index (χ0v) is 23.4. The minimum atomic E-state index is -0.239. The van der Waals surface area contributed by atoms with E-state index in [1.54, 1.807) is 24.0 Å². The van der Waals surface area contributed by atoms with E-state index in [0.717, 1.165) is 67.1 Å². The Morgan fingerprint density at radius 1 is 1.23 bits per heavy atom. The standard InChI is InChI=1S/C20H28N2O2S.C4H8O.C2H3N.C2H6/c1-4-22-20-18(13(3)24-15-8-5-12(2)6-9-15)19-14(11-17(21)23)7-10-16(19)25-20;1-4-2-5-3-4;1-2-3;1-2/h4,12,14-15H,1,5-11H2,2-3H3,(H2,21,23);4H,2-3H2,1H3;1H3;1-2H3/b18-13+,22-20?;;;/t12?,14-,15?;;;/m1.../s1. The second-order valence-corrected chi connectivity index (χ2v) is 10.3. The number of nitrogens with two attached hydrogens (primary N) is 1. The molecule has 1 saturated carbocycles. The number of hydrogen-bond donors (Lipinski definition) is 1. The fourth-order valence-corrected chi connectivity index (χ4v) is 5.83. The lowest BCUT2D eigenvalue weighted by Gasteiger charge is -2.28. The molecule has 2 aliphatic carbocycles. The Balaban J connectivity index is 0.000000518. The molecule has 0 radical (unpaired) electrons. The van der Waals surface area contributed by atoms with Crippen molar-refractivity contribution in [3.63, 3.8) is 0 Å². The summed E-state index contributed by atoms with van der Waals surface area (Å²) in [5, 5.41) is 8.27. The van der Waals surface area contributed by atoms with Gasteiger partial charge in [0.25, 0.3) is 0 Å². The third kappa shape index (κ3) is 9.85. The van der Waals surface area contributed by atoms with Crippen LogP contribution in [-0.4, -0.2) is 30.3 Å². The number of thioether (sulfide) groups is 1. The Kier molecular flexibility index (Phi) is 14.7. The van der Waals surface area contributed by atoms with E-state index in [1.807, 2.05) is 20.8 Å². The molecule has 1 amide bonds. The van der Waals surface area contributed by atoms with Gasteiger partial charge >= 0.3 is 0 Å². The molecule has 7 heteroatoms. The maximum atomic E-state index is 11.5. The number of nitriles is 1. The first-order chi connectivity index (χ1) is 16.8. The van der Waals surface area contributed by atoms with E-state index in [4.69, 9.17) is 20.5 Å². The molecule has 4 aliphatic rings. The van der Waals surface area contributed by atoms with E-state index in [1.165, 1.54) is 30.2 Å². The van der Waals surface area contributed by atoms with Crippen molar-refractivity contribution in [3.05, 3.63) is 34.6 Å². The number of ether oxygens (including phenoxy) is 2. The molecule has 2 aliphatic heterocycles. The summed E-state index contributed by atoms with van der Waals surface area (Å²) in [7, 11) is 0. The van der Waals surface area contributed by atoms with E-state index in [2.05, 4.69) is 25.4 Å². The lowest BCUT2D eigenvalue weighted by atomic mass is 9.88. The van der Waals surface area contributed by atoms with Gasteiger partial charge in [-0.2, -0.15) is 5.26 Å². The van der Waals surface area contributed by atoms with E-state index in [0.29, 0.717) is 12.5 Å². The number of rotatable bonds is 5. The molecule has 2 heterocycles. The molecule has 0 unspecified atom stereocenters. The van der Waals surface area contributed by atoms with Crippen molar-refractivity contribution in [3.8, 4) is 6.07 Å². The predicted octanol–water partition coefficient (Wildman–Crippen LogP) is 6.89. The van der Waals surface area contributed by atoms with E-state index >= 15 is 0 Å². The SMILES string of the molecule is C=CN=C1SC2=C(/C1=C(/C)OC1CCC(C)CC1)[C@@H](CC(N)=O)CC2.CC.CC#N.CC1COC1. The van der Waals surface area contributed by atoms with Crippen molar-refractivity contribution in [2.24, 2.45) is 28.5 Å². The van der Waals surface area contributed by atoms with Crippen LogP contribution in [0.15, 0.2) is 39.6 Å². The minimum absolute atomic E-state index is 0.192. The van der Waals surface area contributed by atoms with E-state index in [-0.39, 0.29) is 11.8 Å². The average Bonchev–Trinajstić information content (AvgIpc) is 3.35. The molecule has 2 fully saturated rings. The number of primary amides is 1. The van der Waals surface area contributed by atoms with Crippen molar-refractivity contribution in [2.75, 3.05) is 13.2 Å². The van der Waals surface area contributed by atoms with Gasteiger partial charge in [0.05, 0.1) is 25.4 Å². The molecule has 6 nitrogen and oxygen atoms in total. The van der Waals surface area contributed by atoms with Gasteiger partial charge in [-0.15, -0.1) is 0 Å². The van der Waals surface area contributed by atoms with Crippen LogP contribution in [0.3, 0.4) is 0 Å². The highest BCUT2D eigenvalue weighted by atomic mass is 32.2. The first-order valence-corrected chi connectivity index (χ1v) is 13.8. The van der Waals surface area contributed by atoms with Crippen molar-refractivity contribution in [1.29, 1.82) is 5.26 Å². The Bertz CT molecular complexity index is 829. The summed E-state index contributed by atoms with van der Waals surface area (Å²) >= 11 is 1.70. The first kappa shape index (κ1) is 31.0. The van der Waals surface area contributed by atoms with Gasteiger partial charge in [-0.25, -0.2) is 4.99 Å². The molecular weight excluding hydrogens is 458 g/mol. The Labute approximate surface area is 217 Å².